The van der Waals surface area contributed by atoms with Crippen molar-refractivity contribution in [1.82, 2.24) is 9.55 Å². The van der Waals surface area contributed by atoms with Gasteiger partial charge in [0.25, 0.3) is 0 Å². The summed E-state index contributed by atoms with van der Waals surface area (Å²) >= 11 is 0. The molecule has 0 saturated carbocycles. The fourth-order valence-electron chi connectivity index (χ4n) is 2.93. The van der Waals surface area contributed by atoms with Crippen LogP contribution in [-0.4, -0.2) is 9.55 Å². The smallest absolute Gasteiger partial charge is 0.243 e. The minimum absolute atomic E-state index is 0.883. The van der Waals surface area contributed by atoms with Crippen LogP contribution < -0.4 is 4.57 Å². The predicted octanol–water partition coefficient (Wildman–Crippen LogP) is 3.13. The number of aromatic nitrogens is 3. The largest absolute Gasteiger partial charge is 0.326 e. The van der Waals surface area contributed by atoms with Gasteiger partial charge >= 0.3 is 0 Å². The van der Waals surface area contributed by atoms with Crippen molar-refractivity contribution in [2.24, 2.45) is 0 Å². The Morgan fingerprint density at radius 1 is 1.14 bits per heavy atom. The number of pyridine rings is 1. The van der Waals surface area contributed by atoms with Crippen LogP contribution in [0, 0.1) is 27.1 Å². The van der Waals surface area contributed by atoms with E-state index < -0.39 is 0 Å². The van der Waals surface area contributed by atoms with Crippen LogP contribution in [0.5, 0.6) is 0 Å². The van der Waals surface area contributed by atoms with Crippen LogP contribution >= 0.6 is 0 Å². The number of nitrogens with zero attached hydrogens (tertiary/aromatic N) is 3. The summed E-state index contributed by atoms with van der Waals surface area (Å²) in [5, 5.41) is 0. The average Bonchev–Trinajstić information content (AvgIpc) is 2.94. The lowest BCUT2D eigenvalue weighted by Crippen LogP contribution is -2.33. The second-order valence-electron chi connectivity index (χ2n) is 5.78. The van der Waals surface area contributed by atoms with E-state index in [2.05, 4.69) is 71.8 Å². The second-order valence-corrected chi connectivity index (χ2v) is 5.78. The molecule has 0 N–H and O–H groups in total. The maximum atomic E-state index is 4.36. The molecular formula is C19H21N3. The summed E-state index contributed by atoms with van der Waals surface area (Å²) in [5.41, 5.74) is 6.19. The summed E-state index contributed by atoms with van der Waals surface area (Å²) in [7, 11) is 0. The monoisotopic (exact) mass is 291 g/mol. The Balaban J connectivity index is 1.80. The van der Waals surface area contributed by atoms with Gasteiger partial charge in [0.2, 0.25) is 6.33 Å². The van der Waals surface area contributed by atoms with Crippen molar-refractivity contribution >= 4 is 0 Å². The van der Waals surface area contributed by atoms with E-state index in [4.69, 9.17) is 0 Å². The molecule has 0 fully saturated rings. The minimum atomic E-state index is 0.883. The molecule has 112 valence electrons. The topological polar surface area (TPSA) is 21.7 Å². The summed E-state index contributed by atoms with van der Waals surface area (Å²) < 4.78 is 4.18. The third kappa shape index (κ3) is 3.08. The van der Waals surface area contributed by atoms with E-state index in [9.17, 15) is 0 Å². The number of hydrogen-bond donors (Lipinski definition) is 0. The molecule has 3 aromatic rings. The summed E-state index contributed by atoms with van der Waals surface area (Å²) in [4.78, 5) is 4.36. The van der Waals surface area contributed by atoms with Gasteiger partial charge in [0, 0.05) is 30.7 Å². The third-order valence-electron chi connectivity index (χ3n) is 3.84. The van der Waals surface area contributed by atoms with Crippen LogP contribution in [0.2, 0.25) is 0 Å². The molecule has 0 aliphatic heterocycles. The Morgan fingerprint density at radius 2 is 1.91 bits per heavy atom. The fraction of sp³-hybridized carbons (Fsp3) is 0.263. The summed E-state index contributed by atoms with van der Waals surface area (Å²) in [6.07, 6.45) is 10.3. The van der Waals surface area contributed by atoms with Crippen molar-refractivity contribution in [2.45, 2.75) is 33.7 Å². The Kier molecular flexibility index (Phi) is 4.05. The first kappa shape index (κ1) is 14.5. The first-order valence-corrected chi connectivity index (χ1v) is 7.62. The third-order valence-corrected chi connectivity index (χ3v) is 3.84. The summed E-state index contributed by atoms with van der Waals surface area (Å²) in [5.74, 6) is 0. The van der Waals surface area contributed by atoms with Crippen LogP contribution in [0.25, 0.3) is 5.69 Å². The molecule has 0 atom stereocenters. The molecule has 0 unspecified atom stereocenters. The summed E-state index contributed by atoms with van der Waals surface area (Å²) in [6, 6.07) is 10.5. The zero-order chi connectivity index (χ0) is 15.5. The van der Waals surface area contributed by atoms with Crippen LogP contribution in [0.15, 0.2) is 48.9 Å². The Labute approximate surface area is 131 Å². The molecule has 1 aromatic carbocycles. The molecule has 0 saturated heterocycles. The van der Waals surface area contributed by atoms with E-state index >= 15 is 0 Å². The number of benzene rings is 1. The van der Waals surface area contributed by atoms with E-state index in [0.717, 1.165) is 18.7 Å². The van der Waals surface area contributed by atoms with Gasteiger partial charge in [-0.15, -0.1) is 0 Å². The zero-order valence-electron chi connectivity index (χ0n) is 13.4. The molecule has 3 nitrogen and oxygen atoms in total. The standard InChI is InChI=1S/C19H21N3/c1-15-12-16(2)19(17(3)13-15)22-11-10-21(14-22)9-7-18-6-4-5-8-20-18/h4-6,8,10-13H,7,9H2,1-3H3. The minimum Gasteiger partial charge on any atom is -0.326 e. The van der Waals surface area contributed by atoms with Crippen molar-refractivity contribution < 1.29 is 4.57 Å². The molecule has 0 spiro atoms. The highest BCUT2D eigenvalue weighted by atomic mass is 15.1. The van der Waals surface area contributed by atoms with E-state index in [-0.39, 0.29) is 0 Å². The molecule has 22 heavy (non-hydrogen) atoms. The van der Waals surface area contributed by atoms with Crippen molar-refractivity contribution in [3.05, 3.63) is 77.6 Å². The van der Waals surface area contributed by atoms with Crippen molar-refractivity contribution in [2.75, 3.05) is 0 Å². The number of imidazole rings is 1. The van der Waals surface area contributed by atoms with Gasteiger partial charge in [-0.3, -0.25) is 4.98 Å². The van der Waals surface area contributed by atoms with E-state index in [1.807, 2.05) is 18.3 Å². The van der Waals surface area contributed by atoms with Crippen LogP contribution in [-0.2, 0) is 13.0 Å². The molecule has 3 heteroatoms. The van der Waals surface area contributed by atoms with Gasteiger partial charge in [-0.2, -0.15) is 0 Å². The highest BCUT2D eigenvalue weighted by Crippen LogP contribution is 2.19. The molecular weight excluding hydrogens is 270 g/mol. The van der Waals surface area contributed by atoms with Gasteiger partial charge in [0.05, 0.1) is 12.2 Å². The first-order valence-electron chi connectivity index (χ1n) is 7.62. The molecule has 0 bridgehead atoms. The molecule has 3 rings (SSSR count). The summed E-state index contributed by atoms with van der Waals surface area (Å²) in [6.45, 7) is 7.33. The molecule has 0 amide bonds. The lowest BCUT2D eigenvalue weighted by atomic mass is 10.1. The van der Waals surface area contributed by atoms with E-state index in [1.54, 1.807) is 0 Å². The van der Waals surface area contributed by atoms with Gasteiger partial charge in [-0.1, -0.05) is 23.8 Å². The SMILES string of the molecule is Cc1cc(C)c(-n2[c-][n+](CCc3ccccn3)cc2)c(C)c1. The van der Waals surface area contributed by atoms with Crippen molar-refractivity contribution in [1.29, 1.82) is 0 Å². The number of hydrogen-bond acceptors (Lipinski definition) is 1. The normalized spacial score (nSPS) is 10.9. The van der Waals surface area contributed by atoms with Crippen molar-refractivity contribution in [3.63, 3.8) is 0 Å². The highest BCUT2D eigenvalue weighted by Gasteiger charge is 2.07. The Hall–Kier alpha value is -2.42. The van der Waals surface area contributed by atoms with Gasteiger partial charge in [-0.05, 0) is 44.0 Å². The van der Waals surface area contributed by atoms with Gasteiger partial charge in [-0.25, -0.2) is 0 Å². The predicted molar refractivity (Wildman–Crippen MR) is 87.0 cm³/mol. The first-order chi connectivity index (χ1) is 10.6. The molecule has 0 radical (unpaired) electrons. The second kappa shape index (κ2) is 6.14. The van der Waals surface area contributed by atoms with Crippen LogP contribution in [0.1, 0.15) is 22.4 Å². The Bertz CT molecular complexity index is 749. The van der Waals surface area contributed by atoms with E-state index in [0.29, 0.717) is 0 Å². The van der Waals surface area contributed by atoms with E-state index in [1.165, 1.54) is 22.4 Å². The number of aryl methyl sites for hydroxylation is 5. The highest BCUT2D eigenvalue weighted by molar-refractivity contribution is 5.48. The molecule has 0 aliphatic rings. The quantitative estimate of drug-likeness (QED) is 0.534. The maximum absolute atomic E-state index is 4.36. The lowest BCUT2D eigenvalue weighted by molar-refractivity contribution is -0.699. The molecule has 2 aromatic heterocycles. The average molecular weight is 291 g/mol. The van der Waals surface area contributed by atoms with Gasteiger partial charge < -0.3 is 9.13 Å². The van der Waals surface area contributed by atoms with Crippen molar-refractivity contribution in [3.8, 4) is 5.69 Å². The number of rotatable bonds is 4. The van der Waals surface area contributed by atoms with Gasteiger partial charge in [0.15, 0.2) is 0 Å². The van der Waals surface area contributed by atoms with Crippen LogP contribution in [0.3, 0.4) is 0 Å². The fourth-order valence-corrected chi connectivity index (χ4v) is 2.93. The zero-order valence-corrected chi connectivity index (χ0v) is 13.4. The lowest BCUT2D eigenvalue weighted by Gasteiger charge is -2.12. The molecule has 2 heterocycles. The van der Waals surface area contributed by atoms with Crippen LogP contribution in [0.4, 0.5) is 0 Å². The Morgan fingerprint density at radius 3 is 2.59 bits per heavy atom. The molecule has 0 aliphatic carbocycles. The maximum Gasteiger partial charge on any atom is 0.243 e. The van der Waals surface area contributed by atoms with Gasteiger partial charge in [0.1, 0.15) is 0 Å².